The topological polar surface area (TPSA) is 78.4 Å². The van der Waals surface area contributed by atoms with Crippen LogP contribution in [0.1, 0.15) is 43.5 Å². The number of rotatable bonds is 6. The molecule has 1 aromatic heterocycles. The highest BCUT2D eigenvalue weighted by Crippen LogP contribution is 2.09. The second-order valence-electron chi connectivity index (χ2n) is 5.73. The number of nitrogens with zero attached hydrogens (tertiary/aromatic N) is 4. The van der Waals surface area contributed by atoms with E-state index in [0.29, 0.717) is 37.7 Å². The Hall–Kier alpha value is -2.18. The molecule has 0 bridgehead atoms. The molecule has 0 aromatic carbocycles. The molecule has 1 N–H and O–H groups in total. The van der Waals surface area contributed by atoms with Gasteiger partial charge in [-0.05, 0) is 6.42 Å². The van der Waals surface area contributed by atoms with E-state index in [1.54, 1.807) is 29.1 Å². The van der Waals surface area contributed by atoms with E-state index in [-0.39, 0.29) is 11.8 Å². The highest BCUT2D eigenvalue weighted by atomic mass is 16.2. The number of carbonyl (C=O) groups excluding carboxylic acids is 2. The third kappa shape index (κ3) is 4.91. The summed E-state index contributed by atoms with van der Waals surface area (Å²) < 4.78 is 0. The molecule has 23 heavy (non-hydrogen) atoms. The first-order chi connectivity index (χ1) is 11.1. The SMILES string of the molecule is CCCCCNc1ncc(C(=O)N2CCN(C(C)=O)CC2)cn1. The van der Waals surface area contributed by atoms with E-state index in [2.05, 4.69) is 22.2 Å². The second kappa shape index (κ2) is 8.45. The summed E-state index contributed by atoms with van der Waals surface area (Å²) in [5.74, 6) is 0.531. The van der Waals surface area contributed by atoms with Crippen LogP contribution < -0.4 is 5.32 Å². The van der Waals surface area contributed by atoms with Crippen LogP contribution in [-0.4, -0.2) is 64.3 Å². The Morgan fingerprint density at radius 1 is 1.09 bits per heavy atom. The Morgan fingerprint density at radius 2 is 1.70 bits per heavy atom. The minimum Gasteiger partial charge on any atom is -0.354 e. The lowest BCUT2D eigenvalue weighted by Crippen LogP contribution is -2.50. The van der Waals surface area contributed by atoms with Crippen molar-refractivity contribution in [2.45, 2.75) is 33.1 Å². The molecule has 2 rings (SSSR count). The lowest BCUT2D eigenvalue weighted by molar-refractivity contribution is -0.130. The largest absolute Gasteiger partial charge is 0.354 e. The molecule has 1 fully saturated rings. The third-order valence-corrected chi connectivity index (χ3v) is 3.97. The summed E-state index contributed by atoms with van der Waals surface area (Å²) in [7, 11) is 0. The highest BCUT2D eigenvalue weighted by molar-refractivity contribution is 5.93. The molecule has 0 unspecified atom stereocenters. The van der Waals surface area contributed by atoms with Crippen LogP contribution in [0.25, 0.3) is 0 Å². The summed E-state index contributed by atoms with van der Waals surface area (Å²) in [5, 5.41) is 3.15. The first-order valence-electron chi connectivity index (χ1n) is 8.22. The van der Waals surface area contributed by atoms with Gasteiger partial charge >= 0.3 is 0 Å². The lowest BCUT2D eigenvalue weighted by atomic mass is 10.2. The Kier molecular flexibility index (Phi) is 6.31. The number of unbranched alkanes of at least 4 members (excludes halogenated alkanes) is 2. The van der Waals surface area contributed by atoms with Crippen LogP contribution in [-0.2, 0) is 4.79 Å². The monoisotopic (exact) mass is 319 g/mol. The molecule has 126 valence electrons. The standard InChI is InChI=1S/C16H25N5O2/c1-3-4-5-6-17-16-18-11-14(12-19-16)15(23)21-9-7-20(8-10-21)13(2)22/h11-12H,3-10H2,1-2H3,(H,17,18,19). The average molecular weight is 319 g/mol. The van der Waals surface area contributed by atoms with Gasteiger partial charge in [-0.25, -0.2) is 9.97 Å². The van der Waals surface area contributed by atoms with Crippen LogP contribution in [0.5, 0.6) is 0 Å². The Balaban J connectivity index is 1.84. The predicted molar refractivity (Wildman–Crippen MR) is 88.2 cm³/mol. The summed E-state index contributed by atoms with van der Waals surface area (Å²) in [5.41, 5.74) is 0.486. The van der Waals surface area contributed by atoms with Crippen LogP contribution >= 0.6 is 0 Å². The fraction of sp³-hybridized carbons (Fsp3) is 0.625. The number of hydrogen-bond donors (Lipinski definition) is 1. The van der Waals surface area contributed by atoms with E-state index in [1.165, 1.54) is 12.8 Å². The number of nitrogens with one attached hydrogen (secondary N) is 1. The van der Waals surface area contributed by atoms with Crippen molar-refractivity contribution in [3.8, 4) is 0 Å². The molecule has 0 radical (unpaired) electrons. The van der Waals surface area contributed by atoms with Gasteiger partial charge in [-0.2, -0.15) is 0 Å². The van der Waals surface area contributed by atoms with Gasteiger partial charge < -0.3 is 15.1 Å². The Morgan fingerprint density at radius 3 is 2.26 bits per heavy atom. The third-order valence-electron chi connectivity index (χ3n) is 3.97. The first kappa shape index (κ1) is 17.2. The van der Waals surface area contributed by atoms with Crippen LogP contribution in [0.3, 0.4) is 0 Å². The van der Waals surface area contributed by atoms with E-state index in [1.807, 2.05) is 0 Å². The zero-order valence-electron chi connectivity index (χ0n) is 13.9. The molecule has 2 heterocycles. The van der Waals surface area contributed by atoms with Gasteiger partial charge in [0.25, 0.3) is 5.91 Å². The van der Waals surface area contributed by atoms with E-state index in [4.69, 9.17) is 0 Å². The van der Waals surface area contributed by atoms with E-state index in [9.17, 15) is 9.59 Å². The molecule has 7 heteroatoms. The van der Waals surface area contributed by atoms with Crippen LogP contribution in [0.4, 0.5) is 5.95 Å². The maximum Gasteiger partial charge on any atom is 0.257 e. The molecular weight excluding hydrogens is 294 g/mol. The minimum absolute atomic E-state index is 0.0546. The number of piperazine rings is 1. The molecule has 2 amide bonds. The molecule has 0 spiro atoms. The van der Waals surface area contributed by atoms with Gasteiger partial charge in [0, 0.05) is 52.0 Å². The summed E-state index contributed by atoms with van der Waals surface area (Å²) in [6, 6.07) is 0. The average Bonchev–Trinajstić information content (AvgIpc) is 2.59. The number of aromatic nitrogens is 2. The second-order valence-corrected chi connectivity index (χ2v) is 5.73. The molecule has 0 aliphatic carbocycles. The number of amides is 2. The van der Waals surface area contributed by atoms with Crippen molar-refractivity contribution in [1.29, 1.82) is 0 Å². The summed E-state index contributed by atoms with van der Waals surface area (Å²) in [4.78, 5) is 35.6. The van der Waals surface area contributed by atoms with Gasteiger partial charge in [0.05, 0.1) is 5.56 Å². The Labute approximate surface area is 137 Å². The molecule has 1 saturated heterocycles. The van der Waals surface area contributed by atoms with E-state index < -0.39 is 0 Å². The molecule has 1 aliphatic heterocycles. The van der Waals surface area contributed by atoms with Gasteiger partial charge in [0.1, 0.15) is 0 Å². The maximum atomic E-state index is 12.4. The van der Waals surface area contributed by atoms with Crippen LogP contribution in [0.2, 0.25) is 0 Å². The zero-order valence-corrected chi connectivity index (χ0v) is 13.9. The van der Waals surface area contributed by atoms with Crippen molar-refractivity contribution >= 4 is 17.8 Å². The van der Waals surface area contributed by atoms with E-state index >= 15 is 0 Å². The van der Waals surface area contributed by atoms with Gasteiger partial charge in [-0.15, -0.1) is 0 Å². The molecular formula is C16H25N5O2. The van der Waals surface area contributed by atoms with Crippen molar-refractivity contribution in [2.24, 2.45) is 0 Å². The molecule has 0 saturated carbocycles. The van der Waals surface area contributed by atoms with Crippen molar-refractivity contribution in [1.82, 2.24) is 19.8 Å². The normalized spacial score (nSPS) is 14.7. The fourth-order valence-corrected chi connectivity index (χ4v) is 2.51. The molecule has 0 atom stereocenters. The van der Waals surface area contributed by atoms with Gasteiger partial charge in [0.15, 0.2) is 0 Å². The van der Waals surface area contributed by atoms with Crippen molar-refractivity contribution in [3.05, 3.63) is 18.0 Å². The first-order valence-corrected chi connectivity index (χ1v) is 8.22. The van der Waals surface area contributed by atoms with Gasteiger partial charge in [-0.1, -0.05) is 19.8 Å². The maximum absolute atomic E-state index is 12.4. The molecule has 1 aliphatic rings. The van der Waals surface area contributed by atoms with Gasteiger partial charge in [-0.3, -0.25) is 9.59 Å². The summed E-state index contributed by atoms with van der Waals surface area (Å²) >= 11 is 0. The van der Waals surface area contributed by atoms with Crippen molar-refractivity contribution < 1.29 is 9.59 Å². The van der Waals surface area contributed by atoms with Crippen molar-refractivity contribution in [3.63, 3.8) is 0 Å². The quantitative estimate of drug-likeness (QED) is 0.802. The van der Waals surface area contributed by atoms with Crippen LogP contribution in [0, 0.1) is 0 Å². The fourth-order valence-electron chi connectivity index (χ4n) is 2.51. The summed E-state index contributed by atoms with van der Waals surface area (Å²) in [6.07, 6.45) is 6.56. The number of carbonyl (C=O) groups is 2. The Bertz CT molecular complexity index is 524. The van der Waals surface area contributed by atoms with Gasteiger partial charge in [0.2, 0.25) is 11.9 Å². The number of anilines is 1. The van der Waals surface area contributed by atoms with Crippen molar-refractivity contribution in [2.75, 3.05) is 38.0 Å². The minimum atomic E-state index is -0.0780. The molecule has 7 nitrogen and oxygen atoms in total. The lowest BCUT2D eigenvalue weighted by Gasteiger charge is -2.34. The van der Waals surface area contributed by atoms with E-state index in [0.717, 1.165) is 13.0 Å². The van der Waals surface area contributed by atoms with Crippen LogP contribution in [0.15, 0.2) is 12.4 Å². The highest BCUT2D eigenvalue weighted by Gasteiger charge is 2.23. The summed E-state index contributed by atoms with van der Waals surface area (Å²) in [6.45, 7) is 6.82. The predicted octanol–water partition coefficient (Wildman–Crippen LogP) is 1.38. The number of hydrogen-bond acceptors (Lipinski definition) is 5. The molecule has 1 aromatic rings. The zero-order chi connectivity index (χ0) is 16.7. The smallest absolute Gasteiger partial charge is 0.257 e.